The van der Waals surface area contributed by atoms with Gasteiger partial charge in [0.15, 0.2) is 0 Å². The van der Waals surface area contributed by atoms with E-state index in [2.05, 4.69) is 5.32 Å². The van der Waals surface area contributed by atoms with E-state index in [4.69, 9.17) is 9.84 Å². The van der Waals surface area contributed by atoms with Crippen LogP contribution in [0.4, 0.5) is 5.69 Å². The summed E-state index contributed by atoms with van der Waals surface area (Å²) in [5.74, 6) is -0.556. The molecule has 0 spiro atoms. The molecule has 6 nitrogen and oxygen atoms in total. The van der Waals surface area contributed by atoms with Crippen LogP contribution in [0.15, 0.2) is 18.2 Å². The monoisotopic (exact) mass is 292 g/mol. The van der Waals surface area contributed by atoms with Gasteiger partial charge in [0, 0.05) is 6.04 Å². The first-order valence-electron chi connectivity index (χ1n) is 6.90. The number of benzene rings is 1. The largest absolute Gasteiger partial charge is 0.495 e. The number of nitrogens with zero attached hydrogens (tertiary/aromatic N) is 1. The van der Waals surface area contributed by atoms with Gasteiger partial charge < -0.3 is 15.2 Å². The van der Waals surface area contributed by atoms with Gasteiger partial charge in [0.2, 0.25) is 5.91 Å². The first-order valence-corrected chi connectivity index (χ1v) is 6.90. The number of hydrogen-bond acceptors (Lipinski definition) is 4. The van der Waals surface area contributed by atoms with Crippen molar-refractivity contribution in [3.8, 4) is 5.75 Å². The molecule has 0 unspecified atom stereocenters. The number of aliphatic carboxylic acids is 1. The molecule has 21 heavy (non-hydrogen) atoms. The molecule has 0 heterocycles. The molecule has 1 aromatic rings. The lowest BCUT2D eigenvalue weighted by molar-refractivity contribution is -0.138. The lowest BCUT2D eigenvalue weighted by Crippen LogP contribution is -2.38. The van der Waals surface area contributed by atoms with E-state index in [1.54, 1.807) is 18.1 Å². The van der Waals surface area contributed by atoms with Gasteiger partial charge in [0.1, 0.15) is 5.75 Å². The molecule has 0 aliphatic heterocycles. The van der Waals surface area contributed by atoms with Crippen molar-refractivity contribution in [1.29, 1.82) is 0 Å². The topological polar surface area (TPSA) is 78.9 Å². The number of rotatable bonds is 7. The second-order valence-electron chi connectivity index (χ2n) is 5.28. The Morgan fingerprint density at radius 3 is 2.67 bits per heavy atom. The summed E-state index contributed by atoms with van der Waals surface area (Å²) in [6.45, 7) is 1.90. The number of carbonyl (C=O) groups excluding carboxylic acids is 1. The van der Waals surface area contributed by atoms with Crippen LogP contribution >= 0.6 is 0 Å². The van der Waals surface area contributed by atoms with Gasteiger partial charge in [-0.15, -0.1) is 0 Å². The second-order valence-corrected chi connectivity index (χ2v) is 5.28. The van der Waals surface area contributed by atoms with Gasteiger partial charge in [0.25, 0.3) is 0 Å². The summed E-state index contributed by atoms with van der Waals surface area (Å²) in [7, 11) is 1.54. The third kappa shape index (κ3) is 4.46. The minimum atomic E-state index is -0.914. The van der Waals surface area contributed by atoms with Crippen LogP contribution < -0.4 is 10.1 Å². The third-order valence-corrected chi connectivity index (χ3v) is 3.38. The summed E-state index contributed by atoms with van der Waals surface area (Å²) in [6, 6.07) is 5.73. The van der Waals surface area contributed by atoms with Crippen molar-refractivity contribution < 1.29 is 19.4 Å². The lowest BCUT2D eigenvalue weighted by atomic mass is 10.2. The first-order chi connectivity index (χ1) is 9.99. The molecule has 1 aliphatic carbocycles. The van der Waals surface area contributed by atoms with Crippen LogP contribution in [0.1, 0.15) is 18.4 Å². The minimum absolute atomic E-state index is 0.0774. The Hall–Kier alpha value is -2.08. The SMILES string of the molecule is COc1ccc(C)cc1NC(=O)CN(CC(=O)O)C1CC1. The fourth-order valence-corrected chi connectivity index (χ4v) is 2.22. The van der Waals surface area contributed by atoms with E-state index >= 15 is 0 Å². The molecule has 0 radical (unpaired) electrons. The maximum atomic E-state index is 12.1. The van der Waals surface area contributed by atoms with E-state index in [9.17, 15) is 9.59 Å². The zero-order valence-corrected chi connectivity index (χ0v) is 12.3. The number of hydrogen-bond donors (Lipinski definition) is 2. The number of ether oxygens (including phenoxy) is 1. The molecule has 0 aromatic heterocycles. The van der Waals surface area contributed by atoms with Crippen LogP contribution in [0.2, 0.25) is 0 Å². The van der Waals surface area contributed by atoms with Crippen molar-refractivity contribution in [3.63, 3.8) is 0 Å². The first kappa shape index (κ1) is 15.3. The quantitative estimate of drug-likeness (QED) is 0.796. The molecule has 1 fully saturated rings. The van der Waals surface area contributed by atoms with Crippen molar-refractivity contribution in [1.82, 2.24) is 4.90 Å². The van der Waals surface area contributed by atoms with E-state index in [1.807, 2.05) is 19.1 Å². The standard InChI is InChI=1S/C15H20N2O4/c1-10-3-6-13(21-2)12(7-10)16-14(18)8-17(9-15(19)20)11-4-5-11/h3,6-7,11H,4-5,8-9H2,1-2H3,(H,16,18)(H,19,20). The van der Waals surface area contributed by atoms with Crippen molar-refractivity contribution in [2.75, 3.05) is 25.5 Å². The number of carboxylic acid groups (broad SMARTS) is 1. The number of amides is 1. The molecular formula is C15H20N2O4. The van der Waals surface area contributed by atoms with Crippen LogP contribution in [-0.2, 0) is 9.59 Å². The summed E-state index contributed by atoms with van der Waals surface area (Å²) in [5.41, 5.74) is 1.62. The van der Waals surface area contributed by atoms with Gasteiger partial charge in [-0.3, -0.25) is 14.5 Å². The summed E-state index contributed by atoms with van der Waals surface area (Å²) < 4.78 is 5.21. The number of aryl methyl sites for hydroxylation is 1. The summed E-state index contributed by atoms with van der Waals surface area (Å²) in [5, 5.41) is 11.7. The fourth-order valence-electron chi connectivity index (χ4n) is 2.22. The number of methoxy groups -OCH3 is 1. The predicted octanol–water partition coefficient (Wildman–Crippen LogP) is 1.49. The van der Waals surface area contributed by atoms with E-state index in [-0.39, 0.29) is 25.0 Å². The highest BCUT2D eigenvalue weighted by atomic mass is 16.5. The molecule has 114 valence electrons. The maximum Gasteiger partial charge on any atom is 0.317 e. The smallest absolute Gasteiger partial charge is 0.317 e. The Kier molecular flexibility index (Phi) is 4.80. The Morgan fingerprint density at radius 2 is 2.10 bits per heavy atom. The Morgan fingerprint density at radius 1 is 1.38 bits per heavy atom. The van der Waals surface area contributed by atoms with Gasteiger partial charge in [-0.25, -0.2) is 0 Å². The van der Waals surface area contributed by atoms with Crippen molar-refractivity contribution in [2.24, 2.45) is 0 Å². The molecular weight excluding hydrogens is 272 g/mol. The number of carbonyl (C=O) groups is 2. The Labute approximate surface area is 123 Å². The van der Waals surface area contributed by atoms with Gasteiger partial charge in [0.05, 0.1) is 25.9 Å². The van der Waals surface area contributed by atoms with Gasteiger partial charge in [-0.2, -0.15) is 0 Å². The van der Waals surface area contributed by atoms with Crippen LogP contribution in [0, 0.1) is 6.92 Å². The lowest BCUT2D eigenvalue weighted by Gasteiger charge is -2.19. The molecule has 0 atom stereocenters. The molecule has 2 rings (SSSR count). The third-order valence-electron chi connectivity index (χ3n) is 3.38. The molecule has 1 aliphatic rings. The molecule has 1 saturated carbocycles. The van der Waals surface area contributed by atoms with E-state index in [0.29, 0.717) is 11.4 Å². The zero-order valence-electron chi connectivity index (χ0n) is 12.3. The van der Waals surface area contributed by atoms with Crippen molar-refractivity contribution in [2.45, 2.75) is 25.8 Å². The Bertz CT molecular complexity index is 540. The number of nitrogens with one attached hydrogen (secondary N) is 1. The van der Waals surface area contributed by atoms with Gasteiger partial charge in [-0.1, -0.05) is 6.07 Å². The number of anilines is 1. The summed E-state index contributed by atoms with van der Waals surface area (Å²) >= 11 is 0. The maximum absolute atomic E-state index is 12.1. The van der Waals surface area contributed by atoms with Crippen molar-refractivity contribution >= 4 is 17.6 Å². The molecule has 1 amide bonds. The Balaban J connectivity index is 2.00. The van der Waals surface area contributed by atoms with Crippen molar-refractivity contribution in [3.05, 3.63) is 23.8 Å². The molecule has 0 bridgehead atoms. The van der Waals surface area contributed by atoms with E-state index in [0.717, 1.165) is 18.4 Å². The minimum Gasteiger partial charge on any atom is -0.495 e. The number of carboxylic acids is 1. The second kappa shape index (κ2) is 6.58. The van der Waals surface area contributed by atoms with Crippen LogP contribution in [0.5, 0.6) is 5.75 Å². The summed E-state index contributed by atoms with van der Waals surface area (Å²) in [6.07, 6.45) is 1.91. The molecule has 1 aromatic carbocycles. The molecule has 0 saturated heterocycles. The zero-order chi connectivity index (χ0) is 15.4. The summed E-state index contributed by atoms with van der Waals surface area (Å²) in [4.78, 5) is 24.6. The molecule has 2 N–H and O–H groups in total. The van der Waals surface area contributed by atoms with Gasteiger partial charge >= 0.3 is 5.97 Å². The fraction of sp³-hybridized carbons (Fsp3) is 0.467. The van der Waals surface area contributed by atoms with Crippen LogP contribution in [0.25, 0.3) is 0 Å². The van der Waals surface area contributed by atoms with Crippen LogP contribution in [0.3, 0.4) is 0 Å². The predicted molar refractivity (Wildman–Crippen MR) is 78.6 cm³/mol. The highest BCUT2D eigenvalue weighted by molar-refractivity contribution is 5.94. The van der Waals surface area contributed by atoms with Crippen LogP contribution in [-0.4, -0.2) is 48.1 Å². The highest BCUT2D eigenvalue weighted by Gasteiger charge is 2.31. The molecule has 6 heteroatoms. The highest BCUT2D eigenvalue weighted by Crippen LogP contribution is 2.27. The normalized spacial score (nSPS) is 14.0. The average Bonchev–Trinajstić information content (AvgIpc) is 3.21. The van der Waals surface area contributed by atoms with Gasteiger partial charge in [-0.05, 0) is 37.5 Å². The average molecular weight is 292 g/mol. The van der Waals surface area contributed by atoms with E-state index in [1.165, 1.54) is 0 Å². The van der Waals surface area contributed by atoms with E-state index < -0.39 is 5.97 Å².